The summed E-state index contributed by atoms with van der Waals surface area (Å²) in [6.45, 7) is 3.78. The lowest BCUT2D eigenvalue weighted by atomic mass is 10.2. The number of ether oxygens (including phenoxy) is 1. The van der Waals surface area contributed by atoms with Gasteiger partial charge in [-0.25, -0.2) is 15.4 Å². The second kappa shape index (κ2) is 11.6. The Morgan fingerprint density at radius 2 is 1.83 bits per heavy atom. The third-order valence-electron chi connectivity index (χ3n) is 4.17. The first-order valence-corrected chi connectivity index (χ1v) is 9.32. The van der Waals surface area contributed by atoms with Crippen LogP contribution < -0.4 is 20.4 Å². The molecule has 0 aliphatic heterocycles. The normalized spacial score (nSPS) is 10.1. The Morgan fingerprint density at radius 3 is 2.45 bits per heavy atom. The van der Waals surface area contributed by atoms with E-state index in [1.54, 1.807) is 7.11 Å². The largest absolute Gasteiger partial charge is 0.497 e. The van der Waals surface area contributed by atoms with Crippen molar-refractivity contribution in [2.75, 3.05) is 25.6 Å². The van der Waals surface area contributed by atoms with E-state index in [2.05, 4.69) is 23.2 Å². The summed E-state index contributed by atoms with van der Waals surface area (Å²) in [6, 6.07) is 16.1. The predicted octanol–water partition coefficient (Wildman–Crippen LogP) is 3.03. The number of benzene rings is 2. The van der Waals surface area contributed by atoms with Gasteiger partial charge in [-0.3, -0.25) is 10.0 Å². The lowest BCUT2D eigenvalue weighted by Crippen LogP contribution is -2.18. The van der Waals surface area contributed by atoms with Crippen molar-refractivity contribution in [3.05, 3.63) is 54.4 Å². The minimum atomic E-state index is 0.181. The smallest absolute Gasteiger partial charge is 0.230 e. The van der Waals surface area contributed by atoms with E-state index in [0.717, 1.165) is 46.9 Å². The highest BCUT2D eigenvalue weighted by Crippen LogP contribution is 2.29. The minimum Gasteiger partial charge on any atom is -0.497 e. The molecule has 0 bridgehead atoms. The zero-order valence-electron chi connectivity index (χ0n) is 16.9. The maximum absolute atomic E-state index is 8.81. The van der Waals surface area contributed by atoms with E-state index in [9.17, 15) is 0 Å². The van der Waals surface area contributed by atoms with Crippen molar-refractivity contribution in [1.29, 1.82) is 0 Å². The Hall–Kier alpha value is -3.23. The molecule has 0 saturated carbocycles. The summed E-state index contributed by atoms with van der Waals surface area (Å²) in [6.07, 6.45) is 1.27. The van der Waals surface area contributed by atoms with Gasteiger partial charge in [0.25, 0.3) is 0 Å². The molecule has 1 amide bonds. The van der Waals surface area contributed by atoms with Gasteiger partial charge in [-0.15, -0.1) is 0 Å². The fourth-order valence-electron chi connectivity index (χ4n) is 2.75. The summed E-state index contributed by atoms with van der Waals surface area (Å²) in [5.41, 5.74) is 3.26. The number of nitrogens with zero attached hydrogens (tertiary/aromatic N) is 3. The molecule has 0 radical (unpaired) electrons. The molecule has 0 fully saturated rings. The van der Waals surface area contributed by atoms with Crippen LogP contribution in [-0.4, -0.2) is 42.3 Å². The fourth-order valence-corrected chi connectivity index (χ4v) is 2.75. The molecule has 0 aliphatic rings. The highest BCUT2D eigenvalue weighted by Gasteiger charge is 2.13. The van der Waals surface area contributed by atoms with Crippen molar-refractivity contribution < 1.29 is 14.7 Å². The lowest BCUT2D eigenvalue weighted by Gasteiger charge is -2.21. The number of carbonyl (C=O) groups is 1. The second-order valence-corrected chi connectivity index (χ2v) is 6.16. The molecule has 0 spiro atoms. The zero-order valence-corrected chi connectivity index (χ0v) is 16.9. The summed E-state index contributed by atoms with van der Waals surface area (Å²) in [7, 11) is 3.70. The number of nitrogens with one attached hydrogen (secondary N) is 2. The van der Waals surface area contributed by atoms with Crippen molar-refractivity contribution >= 4 is 28.8 Å². The summed E-state index contributed by atoms with van der Waals surface area (Å²) < 4.78 is 5.25. The van der Waals surface area contributed by atoms with Crippen LogP contribution in [0.4, 0.5) is 11.5 Å². The molecule has 0 unspecified atom stereocenters. The molecule has 3 aromatic rings. The second-order valence-electron chi connectivity index (χ2n) is 6.16. The van der Waals surface area contributed by atoms with Crippen LogP contribution >= 0.6 is 0 Å². The number of hydrogen-bond acceptors (Lipinski definition) is 7. The van der Waals surface area contributed by atoms with E-state index >= 15 is 0 Å². The minimum absolute atomic E-state index is 0.181. The van der Waals surface area contributed by atoms with Crippen LogP contribution in [0.25, 0.3) is 10.9 Å². The van der Waals surface area contributed by atoms with Gasteiger partial charge in [0.15, 0.2) is 0 Å². The van der Waals surface area contributed by atoms with Gasteiger partial charge in [0.2, 0.25) is 6.41 Å². The van der Waals surface area contributed by atoms with Crippen molar-refractivity contribution in [2.24, 2.45) is 0 Å². The number of para-hydroxylation sites is 1. The quantitative estimate of drug-likeness (QED) is 0.232. The van der Waals surface area contributed by atoms with Crippen LogP contribution in [0.5, 0.6) is 5.75 Å². The molecule has 0 atom stereocenters. The molecule has 3 N–H and O–H groups in total. The zero-order chi connectivity index (χ0) is 21.1. The number of amides is 1. The fraction of sp³-hybridized carbons (Fsp3) is 0.286. The number of hydrogen-bond donors (Lipinski definition) is 3. The molecule has 29 heavy (non-hydrogen) atoms. The summed E-state index contributed by atoms with van der Waals surface area (Å²) >= 11 is 0. The predicted molar refractivity (Wildman–Crippen MR) is 114 cm³/mol. The first-order chi connectivity index (χ1) is 14.1. The van der Waals surface area contributed by atoms with Gasteiger partial charge in [0.05, 0.1) is 19.2 Å². The molecule has 8 heteroatoms. The van der Waals surface area contributed by atoms with E-state index in [1.807, 2.05) is 49.5 Å². The highest BCUT2D eigenvalue weighted by atomic mass is 16.5. The number of rotatable bonds is 8. The monoisotopic (exact) mass is 397 g/mol. The summed E-state index contributed by atoms with van der Waals surface area (Å²) in [4.78, 5) is 20.4. The molecule has 1 heterocycles. The molecule has 154 valence electrons. The van der Waals surface area contributed by atoms with E-state index < -0.39 is 0 Å². The van der Waals surface area contributed by atoms with Gasteiger partial charge >= 0.3 is 0 Å². The van der Waals surface area contributed by atoms with Crippen molar-refractivity contribution in [1.82, 2.24) is 20.8 Å². The number of fused-ring (bicyclic) bond motifs is 1. The Kier molecular flexibility index (Phi) is 8.81. The summed E-state index contributed by atoms with van der Waals surface area (Å²) in [5, 5.41) is 11.7. The highest BCUT2D eigenvalue weighted by molar-refractivity contribution is 5.91. The Balaban J connectivity index is 0.000000687. The number of anilines is 2. The topological polar surface area (TPSA) is 99.6 Å². The van der Waals surface area contributed by atoms with Crippen LogP contribution in [0.1, 0.15) is 19.2 Å². The SMILES string of the molecule is CCCNCc1nc(N(C)c2ccc(OC)cc2)c2ccccc2n1.O=CNO. The third-order valence-corrected chi connectivity index (χ3v) is 4.17. The average Bonchev–Trinajstić information content (AvgIpc) is 2.78. The van der Waals surface area contributed by atoms with Gasteiger partial charge in [-0.1, -0.05) is 19.1 Å². The van der Waals surface area contributed by atoms with Crippen molar-refractivity contribution in [2.45, 2.75) is 19.9 Å². The molecule has 0 saturated heterocycles. The summed E-state index contributed by atoms with van der Waals surface area (Å²) in [5.74, 6) is 2.56. The number of aromatic nitrogens is 2. The maximum Gasteiger partial charge on any atom is 0.230 e. The molecule has 0 aliphatic carbocycles. The molecular weight excluding hydrogens is 370 g/mol. The average molecular weight is 397 g/mol. The van der Waals surface area contributed by atoms with Gasteiger partial charge in [-0.2, -0.15) is 0 Å². The van der Waals surface area contributed by atoms with Crippen molar-refractivity contribution in [3.8, 4) is 5.75 Å². The molecule has 8 nitrogen and oxygen atoms in total. The van der Waals surface area contributed by atoms with E-state index in [4.69, 9.17) is 24.7 Å². The van der Waals surface area contributed by atoms with Gasteiger partial charge in [0, 0.05) is 18.1 Å². The number of carbonyl (C=O) groups excluding carboxylic acids is 1. The van der Waals surface area contributed by atoms with Crippen molar-refractivity contribution in [3.63, 3.8) is 0 Å². The molecular formula is C21H27N5O3. The van der Waals surface area contributed by atoms with Gasteiger partial charge < -0.3 is 15.0 Å². The number of methoxy groups -OCH3 is 1. The third kappa shape index (κ3) is 6.13. The molecule has 3 rings (SSSR count). The number of hydroxylamine groups is 1. The molecule has 1 aromatic heterocycles. The Bertz CT molecular complexity index is 902. The van der Waals surface area contributed by atoms with E-state index in [1.165, 1.54) is 5.48 Å². The van der Waals surface area contributed by atoms with E-state index in [-0.39, 0.29) is 6.41 Å². The Labute approximate surface area is 170 Å². The standard InChI is InChI=1S/C20H24N4O.CH3NO2/c1-4-13-21-14-19-22-18-8-6-5-7-17(18)20(23-19)24(2)15-9-11-16(25-3)12-10-15;3-1-2-4/h5-12,21H,4,13-14H2,1-3H3;1,4H,(H,2,3). The van der Waals surface area contributed by atoms with Crippen LogP contribution in [0.2, 0.25) is 0 Å². The molecule has 2 aromatic carbocycles. The lowest BCUT2D eigenvalue weighted by molar-refractivity contribution is -0.116. The van der Waals surface area contributed by atoms with E-state index in [0.29, 0.717) is 6.54 Å². The first-order valence-electron chi connectivity index (χ1n) is 9.32. The van der Waals surface area contributed by atoms with Crippen LogP contribution in [-0.2, 0) is 11.3 Å². The first kappa shape index (κ1) is 22.1. The van der Waals surface area contributed by atoms with Gasteiger partial charge in [-0.05, 0) is 49.4 Å². The van der Waals surface area contributed by atoms with Crippen LogP contribution in [0.3, 0.4) is 0 Å². The Morgan fingerprint density at radius 1 is 1.14 bits per heavy atom. The van der Waals surface area contributed by atoms with Gasteiger partial charge in [0.1, 0.15) is 17.4 Å². The van der Waals surface area contributed by atoms with Crippen LogP contribution in [0, 0.1) is 0 Å². The van der Waals surface area contributed by atoms with Crippen LogP contribution in [0.15, 0.2) is 48.5 Å². The maximum atomic E-state index is 8.81.